The van der Waals surface area contributed by atoms with Crippen LogP contribution in [0.5, 0.6) is 11.5 Å². The number of carbonyl (C=O) groups is 1. The molecule has 0 aliphatic carbocycles. The highest BCUT2D eigenvalue weighted by Gasteiger charge is 2.35. The number of rotatable bonds is 8. The van der Waals surface area contributed by atoms with E-state index in [0.717, 1.165) is 17.7 Å². The van der Waals surface area contributed by atoms with Gasteiger partial charge in [-0.25, -0.2) is 13.8 Å². The zero-order chi connectivity index (χ0) is 27.4. The molecule has 0 saturated carbocycles. The van der Waals surface area contributed by atoms with E-state index in [-0.39, 0.29) is 16.4 Å². The summed E-state index contributed by atoms with van der Waals surface area (Å²) in [5.74, 6) is -0.878. The molecule has 0 radical (unpaired) electrons. The van der Waals surface area contributed by atoms with Gasteiger partial charge in [0.25, 0.3) is 15.9 Å². The van der Waals surface area contributed by atoms with Crippen LogP contribution in [0, 0.1) is 6.92 Å². The van der Waals surface area contributed by atoms with Gasteiger partial charge >= 0.3 is 6.18 Å². The molecule has 0 unspecified atom stereocenters. The van der Waals surface area contributed by atoms with Gasteiger partial charge in [-0.05, 0) is 61.0 Å². The van der Waals surface area contributed by atoms with Gasteiger partial charge < -0.3 is 9.84 Å². The largest absolute Gasteiger partial charge is 0.504 e. The molecule has 196 valence electrons. The summed E-state index contributed by atoms with van der Waals surface area (Å²) in [6.07, 6.45) is -3.65. The summed E-state index contributed by atoms with van der Waals surface area (Å²) in [5, 5.41) is 12.8. The Balaban J connectivity index is 1.93. The van der Waals surface area contributed by atoms with Crippen LogP contribution in [0.4, 0.5) is 18.9 Å². The second-order valence-corrected chi connectivity index (χ2v) is 9.98. The standard InChI is InChI=1S/C24H21ClF3N3O5S/c1-15-3-7-18(8-4-15)37(34,35)31(17-6-9-20(25)19(12-17)24(26,27)28)14-23(33)30-29-13-16-5-10-21(32)22(11-16)36-2/h3-13,32H,14H2,1-2H3,(H,30,33)/b29-13-. The predicted octanol–water partition coefficient (Wildman–Crippen LogP) is 4.73. The summed E-state index contributed by atoms with van der Waals surface area (Å²) in [4.78, 5) is 12.4. The fraction of sp³-hybridized carbons (Fsp3) is 0.167. The maximum absolute atomic E-state index is 13.4. The zero-order valence-electron chi connectivity index (χ0n) is 19.5. The normalized spacial score (nSPS) is 11.9. The van der Waals surface area contributed by atoms with Gasteiger partial charge in [-0.2, -0.15) is 18.3 Å². The molecule has 0 saturated heterocycles. The van der Waals surface area contributed by atoms with Gasteiger partial charge in [-0.3, -0.25) is 9.10 Å². The molecule has 2 N–H and O–H groups in total. The number of methoxy groups -OCH3 is 1. The molecule has 3 aromatic carbocycles. The summed E-state index contributed by atoms with van der Waals surface area (Å²) in [6, 6.07) is 12.4. The van der Waals surface area contributed by atoms with E-state index in [9.17, 15) is 31.5 Å². The van der Waals surface area contributed by atoms with Gasteiger partial charge in [0, 0.05) is 0 Å². The number of anilines is 1. The number of phenolic OH excluding ortho intramolecular Hbond substituents is 1. The van der Waals surface area contributed by atoms with Crippen LogP contribution in [0.2, 0.25) is 5.02 Å². The number of carbonyl (C=O) groups excluding carboxylic acids is 1. The van der Waals surface area contributed by atoms with Gasteiger partial charge in [0.05, 0.1) is 34.5 Å². The molecule has 0 heterocycles. The molecule has 1 amide bonds. The Morgan fingerprint density at radius 3 is 2.43 bits per heavy atom. The smallest absolute Gasteiger partial charge is 0.417 e. The average molecular weight is 556 g/mol. The number of aromatic hydroxyl groups is 1. The van der Waals surface area contributed by atoms with Crippen molar-refractivity contribution < 1.29 is 36.2 Å². The summed E-state index contributed by atoms with van der Waals surface area (Å²) >= 11 is 5.69. The van der Waals surface area contributed by atoms with Crippen molar-refractivity contribution in [2.45, 2.75) is 18.0 Å². The van der Waals surface area contributed by atoms with Gasteiger partial charge in [0.2, 0.25) is 0 Å². The van der Waals surface area contributed by atoms with Crippen LogP contribution in [0.1, 0.15) is 16.7 Å². The number of aryl methyl sites for hydroxylation is 1. The number of amides is 1. The molecule has 3 aromatic rings. The molecule has 13 heteroatoms. The van der Waals surface area contributed by atoms with Crippen molar-refractivity contribution in [1.29, 1.82) is 0 Å². The van der Waals surface area contributed by atoms with Gasteiger partial charge in [0.1, 0.15) is 6.54 Å². The molecular weight excluding hydrogens is 535 g/mol. The summed E-state index contributed by atoms with van der Waals surface area (Å²) < 4.78 is 72.6. The van der Waals surface area contributed by atoms with Gasteiger partial charge in [-0.15, -0.1) is 0 Å². The number of hydrogen-bond donors (Lipinski definition) is 2. The molecule has 0 spiro atoms. The molecule has 0 aliphatic rings. The number of halogens is 4. The quantitative estimate of drug-likeness (QED) is 0.309. The minimum absolute atomic E-state index is 0.109. The van der Waals surface area contributed by atoms with E-state index in [1.807, 2.05) is 0 Å². The van der Waals surface area contributed by atoms with E-state index in [4.69, 9.17) is 16.3 Å². The van der Waals surface area contributed by atoms with Crippen LogP contribution in [0.25, 0.3) is 0 Å². The second kappa shape index (κ2) is 11.1. The predicted molar refractivity (Wildman–Crippen MR) is 133 cm³/mol. The molecular formula is C24H21ClF3N3O5S. The number of sulfonamides is 1. The number of hydrazone groups is 1. The molecule has 0 aliphatic heterocycles. The van der Waals surface area contributed by atoms with Crippen LogP contribution in [0.15, 0.2) is 70.7 Å². The second-order valence-electron chi connectivity index (χ2n) is 7.71. The number of nitrogens with one attached hydrogen (secondary N) is 1. The van der Waals surface area contributed by atoms with Crippen LogP contribution >= 0.6 is 11.6 Å². The molecule has 0 fully saturated rings. The monoisotopic (exact) mass is 555 g/mol. The molecule has 0 aromatic heterocycles. The van der Waals surface area contributed by atoms with Gasteiger partial charge in [-0.1, -0.05) is 29.3 Å². The van der Waals surface area contributed by atoms with Crippen molar-refractivity contribution in [2.75, 3.05) is 18.0 Å². The molecule has 3 rings (SSSR count). The third kappa shape index (κ3) is 6.71. The molecule has 8 nitrogen and oxygen atoms in total. The van der Waals surface area contributed by atoms with E-state index >= 15 is 0 Å². The maximum Gasteiger partial charge on any atom is 0.417 e. The van der Waals surface area contributed by atoms with E-state index in [0.29, 0.717) is 15.9 Å². The summed E-state index contributed by atoms with van der Waals surface area (Å²) in [5.41, 5.74) is 1.67. The lowest BCUT2D eigenvalue weighted by Gasteiger charge is -2.25. The summed E-state index contributed by atoms with van der Waals surface area (Å²) in [7, 11) is -3.12. The first-order valence-electron chi connectivity index (χ1n) is 10.5. The Bertz CT molecular complexity index is 1430. The fourth-order valence-corrected chi connectivity index (χ4v) is 4.79. The topological polar surface area (TPSA) is 108 Å². The Labute approximate surface area is 216 Å². The maximum atomic E-state index is 13.4. The first-order valence-corrected chi connectivity index (χ1v) is 12.3. The minimum atomic E-state index is -4.86. The van der Waals surface area contributed by atoms with Crippen molar-refractivity contribution in [1.82, 2.24) is 5.43 Å². The number of nitrogens with zero attached hydrogens (tertiary/aromatic N) is 2. The van der Waals surface area contributed by atoms with Crippen molar-refractivity contribution in [2.24, 2.45) is 5.10 Å². The average Bonchev–Trinajstić information content (AvgIpc) is 2.83. The Kier molecular flexibility index (Phi) is 8.34. The highest BCUT2D eigenvalue weighted by atomic mass is 35.5. The number of benzene rings is 3. The van der Waals surface area contributed by atoms with Crippen LogP contribution in [0.3, 0.4) is 0 Å². The fourth-order valence-electron chi connectivity index (χ4n) is 3.16. The van der Waals surface area contributed by atoms with Crippen LogP contribution in [-0.4, -0.2) is 39.3 Å². The number of ether oxygens (including phenoxy) is 1. The Morgan fingerprint density at radius 2 is 1.81 bits per heavy atom. The summed E-state index contributed by atoms with van der Waals surface area (Å²) in [6.45, 7) is 0.851. The number of hydrogen-bond acceptors (Lipinski definition) is 6. The minimum Gasteiger partial charge on any atom is -0.504 e. The molecule has 37 heavy (non-hydrogen) atoms. The third-order valence-electron chi connectivity index (χ3n) is 5.05. The van der Waals surface area contributed by atoms with E-state index in [2.05, 4.69) is 10.5 Å². The lowest BCUT2D eigenvalue weighted by molar-refractivity contribution is -0.137. The van der Waals surface area contributed by atoms with Gasteiger partial charge in [0.15, 0.2) is 11.5 Å². The molecule has 0 atom stereocenters. The van der Waals surface area contributed by atoms with E-state index in [1.54, 1.807) is 6.92 Å². The first-order chi connectivity index (χ1) is 17.3. The van der Waals surface area contributed by atoms with Crippen LogP contribution in [-0.2, 0) is 21.0 Å². The van der Waals surface area contributed by atoms with E-state index in [1.165, 1.54) is 55.8 Å². The Morgan fingerprint density at radius 1 is 1.14 bits per heavy atom. The van der Waals surface area contributed by atoms with Crippen molar-refractivity contribution in [3.8, 4) is 11.5 Å². The highest BCUT2D eigenvalue weighted by molar-refractivity contribution is 7.92. The Hall–Kier alpha value is -3.77. The number of alkyl halides is 3. The van der Waals surface area contributed by atoms with Crippen molar-refractivity contribution >= 4 is 39.4 Å². The zero-order valence-corrected chi connectivity index (χ0v) is 21.0. The van der Waals surface area contributed by atoms with Crippen LogP contribution < -0.4 is 14.5 Å². The lowest BCUT2D eigenvalue weighted by Crippen LogP contribution is -2.39. The SMILES string of the molecule is COc1cc(/C=N\NC(=O)CN(c2ccc(Cl)c(C(F)(F)F)c2)S(=O)(=O)c2ccc(C)cc2)ccc1O. The first kappa shape index (κ1) is 27.8. The van der Waals surface area contributed by atoms with Crippen molar-refractivity contribution in [3.63, 3.8) is 0 Å². The highest BCUT2D eigenvalue weighted by Crippen LogP contribution is 2.38. The molecule has 0 bridgehead atoms. The lowest BCUT2D eigenvalue weighted by atomic mass is 10.2. The third-order valence-corrected chi connectivity index (χ3v) is 7.16. The number of phenols is 1. The van der Waals surface area contributed by atoms with Crippen molar-refractivity contribution in [3.05, 3.63) is 82.4 Å². The van der Waals surface area contributed by atoms with E-state index < -0.39 is 44.9 Å².